The predicted octanol–water partition coefficient (Wildman–Crippen LogP) is 6.45. The lowest BCUT2D eigenvalue weighted by Gasteiger charge is -2.11. The van der Waals surface area contributed by atoms with Crippen LogP contribution in [-0.2, 0) is 9.59 Å². The average molecular weight is 555 g/mol. The molecule has 3 aliphatic rings. The van der Waals surface area contributed by atoms with Gasteiger partial charge in [0.05, 0.1) is 46.3 Å². The van der Waals surface area contributed by atoms with E-state index >= 15 is 0 Å². The van der Waals surface area contributed by atoms with Crippen molar-refractivity contribution in [1.82, 2.24) is 0 Å². The molecule has 0 atom stereocenters. The number of anilines is 2. The highest BCUT2D eigenvalue weighted by Crippen LogP contribution is 2.20. The van der Waals surface area contributed by atoms with Crippen molar-refractivity contribution in [2.45, 2.75) is 25.9 Å². The molecular weight excluding hydrogens is 524 g/mol. The van der Waals surface area contributed by atoms with E-state index < -0.39 is 0 Å². The van der Waals surface area contributed by atoms with Crippen molar-refractivity contribution < 1.29 is 9.59 Å². The average Bonchev–Trinajstić information content (AvgIpc) is 2.98. The smallest absolute Gasteiger partial charge is 0.221 e. The minimum Gasteiger partial charge on any atom is -0.326 e. The molecule has 0 fully saturated rings. The summed E-state index contributed by atoms with van der Waals surface area (Å²) in [6, 6.07) is 14.6. The van der Waals surface area contributed by atoms with E-state index in [1.54, 1.807) is 0 Å². The molecule has 0 saturated carbocycles. The van der Waals surface area contributed by atoms with E-state index in [1.165, 1.54) is 13.8 Å². The summed E-state index contributed by atoms with van der Waals surface area (Å²) in [5.41, 5.74) is 6.52. The lowest BCUT2D eigenvalue weighted by molar-refractivity contribution is -0.115. The van der Waals surface area contributed by atoms with Crippen LogP contribution in [0.2, 0.25) is 0 Å². The first-order valence-electron chi connectivity index (χ1n) is 13.6. The molecule has 5 rings (SSSR count). The van der Waals surface area contributed by atoms with Crippen LogP contribution in [0.15, 0.2) is 141 Å². The Bertz CT molecular complexity index is 1490. The second-order valence-corrected chi connectivity index (χ2v) is 9.72. The number of allylic oxidation sites excluding steroid dienone is 8. The van der Waals surface area contributed by atoms with E-state index in [0.717, 1.165) is 45.6 Å². The molecular formula is C34H30N6O2. The van der Waals surface area contributed by atoms with Crippen molar-refractivity contribution in [3.8, 4) is 0 Å². The highest BCUT2D eigenvalue weighted by Gasteiger charge is 2.09. The number of benzene rings is 2. The Morgan fingerprint density at radius 3 is 1.14 bits per heavy atom. The lowest BCUT2D eigenvalue weighted by atomic mass is 10.1. The van der Waals surface area contributed by atoms with E-state index in [-0.39, 0.29) is 23.9 Å². The molecule has 0 radical (unpaired) electrons. The van der Waals surface area contributed by atoms with Gasteiger partial charge in [0.15, 0.2) is 0 Å². The zero-order valence-electron chi connectivity index (χ0n) is 23.3. The third-order valence-corrected chi connectivity index (χ3v) is 6.19. The second kappa shape index (κ2) is 13.2. The maximum absolute atomic E-state index is 11.2. The molecule has 3 aliphatic carbocycles. The van der Waals surface area contributed by atoms with Gasteiger partial charge in [-0.1, -0.05) is 24.3 Å². The molecule has 2 aromatic rings. The normalized spacial score (nSPS) is 18.6. The number of hydrogen-bond acceptors (Lipinski definition) is 6. The monoisotopic (exact) mass is 554 g/mol. The van der Waals surface area contributed by atoms with Gasteiger partial charge < -0.3 is 10.6 Å². The third kappa shape index (κ3) is 8.25. The Balaban J connectivity index is 1.13. The number of amides is 2. The number of carbonyl (C=O) groups is 2. The molecule has 0 spiro atoms. The Labute approximate surface area is 244 Å². The van der Waals surface area contributed by atoms with Crippen molar-refractivity contribution in [3.05, 3.63) is 121 Å². The molecule has 2 aromatic carbocycles. The van der Waals surface area contributed by atoms with Crippen LogP contribution in [0.25, 0.3) is 0 Å². The van der Waals surface area contributed by atoms with Gasteiger partial charge in [-0.05, 0) is 97.1 Å². The van der Waals surface area contributed by atoms with Crippen LogP contribution in [-0.4, -0.2) is 46.7 Å². The molecule has 0 saturated heterocycles. The van der Waals surface area contributed by atoms with Crippen LogP contribution in [0, 0.1) is 0 Å². The van der Waals surface area contributed by atoms with Gasteiger partial charge >= 0.3 is 0 Å². The first kappa shape index (κ1) is 28.0. The fourth-order valence-electron chi connectivity index (χ4n) is 4.26. The van der Waals surface area contributed by atoms with Crippen LogP contribution in [0.3, 0.4) is 0 Å². The summed E-state index contributed by atoms with van der Waals surface area (Å²) in [7, 11) is 0. The summed E-state index contributed by atoms with van der Waals surface area (Å²) in [6.07, 6.45) is 23.7. The molecule has 2 amide bonds. The quantitative estimate of drug-likeness (QED) is 0.401. The van der Waals surface area contributed by atoms with Crippen molar-refractivity contribution >= 4 is 57.4 Å². The molecule has 0 aliphatic heterocycles. The van der Waals surface area contributed by atoms with E-state index in [1.807, 2.05) is 121 Å². The summed E-state index contributed by atoms with van der Waals surface area (Å²) in [5, 5.41) is 5.50. The molecule has 42 heavy (non-hydrogen) atoms. The molecule has 0 aromatic heterocycles. The van der Waals surface area contributed by atoms with Crippen LogP contribution < -0.4 is 10.6 Å². The second-order valence-electron chi connectivity index (χ2n) is 9.72. The fraction of sp³-hybridized carbons (Fsp3) is 0.118. The standard InChI is InChI=1S/C34H30N6O2/c1-23(41)35-25-3-7-27(8-4-25)37-29-11-15-31(16-12-29)39-33-19-21-34(22-20-33)40-32-17-13-30(14-18-32)38-28-9-5-26(6-10-28)36-24(2)42/h3-22,31-32H,1-2H3,(H,35,41)(H,36,42). The Kier molecular flexibility index (Phi) is 8.84. The topological polar surface area (TPSA) is 108 Å². The molecule has 8 nitrogen and oxygen atoms in total. The SMILES string of the molecule is CC(=O)Nc1ccc(N=C2C=CC(N=C3C=CC(=NC4C=CC(=Nc5ccc(NC(C)=O)cc5)C=C4)C=C3)C=C2)cc1. The van der Waals surface area contributed by atoms with Gasteiger partial charge in [-0.2, -0.15) is 0 Å². The van der Waals surface area contributed by atoms with Crippen molar-refractivity contribution in [3.63, 3.8) is 0 Å². The van der Waals surface area contributed by atoms with Gasteiger partial charge in [0.1, 0.15) is 0 Å². The maximum Gasteiger partial charge on any atom is 0.221 e. The Hall–Kier alpha value is -5.50. The van der Waals surface area contributed by atoms with Crippen molar-refractivity contribution in [2.75, 3.05) is 10.6 Å². The highest BCUT2D eigenvalue weighted by molar-refractivity contribution is 6.19. The summed E-state index contributed by atoms with van der Waals surface area (Å²) >= 11 is 0. The molecule has 2 N–H and O–H groups in total. The predicted molar refractivity (Wildman–Crippen MR) is 173 cm³/mol. The molecule has 0 heterocycles. The van der Waals surface area contributed by atoms with Gasteiger partial charge in [-0.15, -0.1) is 0 Å². The number of nitrogens with one attached hydrogen (secondary N) is 2. The van der Waals surface area contributed by atoms with E-state index in [9.17, 15) is 9.59 Å². The van der Waals surface area contributed by atoms with Gasteiger partial charge in [0.25, 0.3) is 0 Å². The van der Waals surface area contributed by atoms with Crippen LogP contribution in [0.5, 0.6) is 0 Å². The number of nitrogens with zero attached hydrogens (tertiary/aromatic N) is 4. The Morgan fingerprint density at radius 2 is 0.833 bits per heavy atom. The van der Waals surface area contributed by atoms with Gasteiger partial charge in [-0.3, -0.25) is 19.6 Å². The van der Waals surface area contributed by atoms with Gasteiger partial charge in [0.2, 0.25) is 11.8 Å². The molecule has 8 heteroatoms. The van der Waals surface area contributed by atoms with E-state index in [0.29, 0.717) is 0 Å². The molecule has 0 bridgehead atoms. The molecule has 0 unspecified atom stereocenters. The number of carbonyl (C=O) groups excluding carboxylic acids is 2. The number of rotatable bonds is 6. The first-order chi connectivity index (χ1) is 20.4. The highest BCUT2D eigenvalue weighted by atomic mass is 16.2. The van der Waals surface area contributed by atoms with Gasteiger partial charge in [-0.25, -0.2) is 9.98 Å². The summed E-state index contributed by atoms with van der Waals surface area (Å²) in [5.74, 6) is -0.203. The van der Waals surface area contributed by atoms with E-state index in [2.05, 4.69) is 20.6 Å². The summed E-state index contributed by atoms with van der Waals surface area (Å²) in [4.78, 5) is 41.2. The largest absolute Gasteiger partial charge is 0.326 e. The number of hydrogen-bond donors (Lipinski definition) is 2. The molecule has 208 valence electrons. The van der Waals surface area contributed by atoms with E-state index in [4.69, 9.17) is 9.98 Å². The van der Waals surface area contributed by atoms with Gasteiger partial charge in [0, 0.05) is 25.2 Å². The number of aliphatic imine (C=N–C) groups is 4. The van der Waals surface area contributed by atoms with Crippen LogP contribution >= 0.6 is 0 Å². The minimum absolute atomic E-state index is 0.0718. The van der Waals surface area contributed by atoms with Crippen molar-refractivity contribution in [1.29, 1.82) is 0 Å². The van der Waals surface area contributed by atoms with Crippen molar-refractivity contribution in [2.24, 2.45) is 20.0 Å². The lowest BCUT2D eigenvalue weighted by Crippen LogP contribution is -2.10. The van der Waals surface area contributed by atoms with Crippen LogP contribution in [0.1, 0.15) is 13.8 Å². The Morgan fingerprint density at radius 1 is 0.500 bits per heavy atom. The zero-order valence-corrected chi connectivity index (χ0v) is 23.3. The zero-order chi connectivity index (χ0) is 29.3. The summed E-state index contributed by atoms with van der Waals surface area (Å²) < 4.78 is 0. The first-order valence-corrected chi connectivity index (χ1v) is 13.6. The third-order valence-electron chi connectivity index (χ3n) is 6.19. The van der Waals surface area contributed by atoms with Crippen LogP contribution in [0.4, 0.5) is 22.7 Å². The minimum atomic E-state index is -0.102. The fourth-order valence-corrected chi connectivity index (χ4v) is 4.26. The summed E-state index contributed by atoms with van der Waals surface area (Å²) in [6.45, 7) is 2.97. The maximum atomic E-state index is 11.2.